The predicted molar refractivity (Wildman–Crippen MR) is 196 cm³/mol. The van der Waals surface area contributed by atoms with Crippen LogP contribution in [0.4, 0.5) is 0 Å². The normalized spacial score (nSPS) is 55.4. The van der Waals surface area contributed by atoms with E-state index in [9.17, 15) is 91.9 Å². The van der Waals surface area contributed by atoms with Crippen LogP contribution in [0.2, 0.25) is 0 Å². The molecule has 0 spiro atoms. The van der Waals surface area contributed by atoms with Crippen molar-refractivity contribution in [3.63, 3.8) is 0 Å². The lowest BCUT2D eigenvalue weighted by atomic mass is 9.94. The summed E-state index contributed by atoms with van der Waals surface area (Å²) in [7, 11) is 0. The lowest BCUT2D eigenvalue weighted by molar-refractivity contribution is -0.404. The van der Waals surface area contributed by atoms with Gasteiger partial charge in [-0.25, -0.2) is 0 Å². The second kappa shape index (κ2) is 22.1. The average Bonchev–Trinajstić information content (AvgIpc) is 3.31. The van der Waals surface area contributed by atoms with Gasteiger partial charge in [-0.15, -0.1) is 0 Å². The smallest absolute Gasteiger partial charge is 0.187 e. The van der Waals surface area contributed by atoms with Gasteiger partial charge in [-0.1, -0.05) is 0 Å². The number of rotatable bonds is 6. The second-order valence-corrected chi connectivity index (χ2v) is 16.8. The minimum Gasteiger partial charge on any atom is -0.394 e. The zero-order valence-corrected chi connectivity index (χ0v) is 34.5. The van der Waals surface area contributed by atoms with Crippen molar-refractivity contribution in [3.8, 4) is 0 Å². The fourth-order valence-corrected chi connectivity index (χ4v) is 8.93. The molecule has 0 aliphatic carbocycles. The van der Waals surface area contributed by atoms with Crippen LogP contribution in [-0.4, -0.2) is 316 Å². The first kappa shape index (κ1) is 52.6. The van der Waals surface area contributed by atoms with E-state index in [2.05, 4.69) is 0 Å². The van der Waals surface area contributed by atoms with E-state index in [-0.39, 0.29) is 0 Å². The van der Waals surface area contributed by atoms with Crippen molar-refractivity contribution < 1.29 is 149 Å². The van der Waals surface area contributed by atoms with Crippen LogP contribution in [0.5, 0.6) is 0 Å². The molecule has 384 valence electrons. The van der Waals surface area contributed by atoms with E-state index in [1.54, 1.807) is 0 Å². The molecule has 22 heterocycles. The maximum atomic E-state index is 11.2. The van der Waals surface area contributed by atoms with Gasteiger partial charge in [0.05, 0.1) is 39.6 Å². The summed E-state index contributed by atoms with van der Waals surface area (Å²) in [6.45, 7) is -5.99. The van der Waals surface area contributed by atoms with E-state index in [4.69, 9.17) is 56.8 Å². The molecule has 22 aliphatic rings. The highest BCUT2D eigenvalue weighted by molar-refractivity contribution is 5.01. The molecule has 30 nitrogen and oxygen atoms in total. The molecule has 22 rings (SSSR count). The Morgan fingerprint density at radius 2 is 0.303 bits per heavy atom. The molecule has 9 unspecified atom stereocenters. The lowest BCUT2D eigenvalue weighted by Gasteiger charge is -2.50. The molecule has 0 saturated carbocycles. The van der Waals surface area contributed by atoms with Crippen molar-refractivity contribution in [1.82, 2.24) is 0 Å². The van der Waals surface area contributed by atoms with Gasteiger partial charge in [0.2, 0.25) is 0 Å². The molecule has 30 atom stereocenters. The second-order valence-electron chi connectivity index (χ2n) is 16.8. The Kier molecular flexibility index (Phi) is 17.6. The van der Waals surface area contributed by atoms with Crippen molar-refractivity contribution >= 4 is 0 Å². The Hall–Kier alpha value is -1.20. The first-order valence-electron chi connectivity index (χ1n) is 21.1. The molecule has 0 aromatic carbocycles. The van der Waals surface area contributed by atoms with Crippen molar-refractivity contribution in [2.24, 2.45) is 0 Å². The zero-order valence-electron chi connectivity index (χ0n) is 34.5. The monoisotopic (exact) mass is 972 g/mol. The fourth-order valence-electron chi connectivity index (χ4n) is 8.93. The third-order valence-electron chi connectivity index (χ3n) is 12.7. The van der Waals surface area contributed by atoms with Crippen LogP contribution in [0.3, 0.4) is 0 Å². The van der Waals surface area contributed by atoms with E-state index < -0.39 is 224 Å². The van der Waals surface area contributed by atoms with E-state index in [0.717, 1.165) is 0 Å². The minimum absolute atomic E-state index is 0.999. The quantitative estimate of drug-likeness (QED) is 0.117. The van der Waals surface area contributed by atoms with Crippen LogP contribution >= 0.6 is 0 Å². The van der Waals surface area contributed by atoms with Crippen molar-refractivity contribution in [3.05, 3.63) is 0 Å². The van der Waals surface area contributed by atoms with Crippen LogP contribution in [0.15, 0.2) is 0 Å². The molecule has 0 amide bonds. The first-order valence-corrected chi connectivity index (χ1v) is 21.1. The maximum Gasteiger partial charge on any atom is 0.187 e. The van der Waals surface area contributed by atoms with Gasteiger partial charge in [0, 0.05) is 0 Å². The van der Waals surface area contributed by atoms with Crippen molar-refractivity contribution in [2.75, 3.05) is 39.6 Å². The summed E-state index contributed by atoms with van der Waals surface area (Å²) in [5.41, 5.74) is 0. The Labute approximate surface area is 372 Å². The van der Waals surface area contributed by atoms with Crippen LogP contribution in [0.1, 0.15) is 0 Å². The van der Waals surface area contributed by atoms with Gasteiger partial charge < -0.3 is 149 Å². The molecule has 12 bridgehead atoms. The third kappa shape index (κ3) is 10.0. The van der Waals surface area contributed by atoms with Gasteiger partial charge in [-0.3, -0.25) is 0 Å². The summed E-state index contributed by atoms with van der Waals surface area (Å²) >= 11 is 0. The summed E-state index contributed by atoms with van der Waals surface area (Å²) < 4.78 is 67.9. The highest BCUT2D eigenvalue weighted by atomic mass is 16.8. The molecular weight excluding hydrogens is 912 g/mol. The molecule has 0 radical (unpaired) electrons. The van der Waals surface area contributed by atoms with E-state index >= 15 is 0 Å². The van der Waals surface area contributed by atoms with Crippen LogP contribution in [0, 0.1) is 0 Å². The predicted octanol–water partition coefficient (Wildman–Crippen LogP) is -13.1. The summed E-state index contributed by atoms with van der Waals surface area (Å²) in [5.74, 6) is 0. The van der Waals surface area contributed by atoms with E-state index in [1.165, 1.54) is 0 Å². The highest BCUT2D eigenvalue weighted by Crippen LogP contribution is 2.38. The van der Waals surface area contributed by atoms with E-state index in [1.807, 2.05) is 0 Å². The molecule has 0 aromatic rings. The number of hydrogen-bond donors (Lipinski definition) is 18. The molecule has 66 heavy (non-hydrogen) atoms. The van der Waals surface area contributed by atoms with Crippen LogP contribution in [0.25, 0.3) is 0 Å². The van der Waals surface area contributed by atoms with Gasteiger partial charge in [0.25, 0.3) is 0 Å². The summed E-state index contributed by atoms with van der Waals surface area (Å²) in [6, 6.07) is 0. The summed E-state index contributed by atoms with van der Waals surface area (Å²) in [5, 5.41) is 196. The van der Waals surface area contributed by atoms with Gasteiger partial charge >= 0.3 is 0 Å². The third-order valence-corrected chi connectivity index (χ3v) is 12.7. The average molecular weight is 973 g/mol. The Morgan fingerprint density at radius 1 is 0.182 bits per heavy atom. The standard InChI is InChI=1S/C36H60O30/c37-1-7-25-13(43)19(49)31(55-7)62-26-8(2-38)57-33(21(51)15(26)45)64-28-10(4-40)59-35(23(53)17(28)47)66-30-12(6-42)60-36(24(54)18(30)48)65-29-11(5-41)58-34(22(52)16(29)46)63-27-9(3-39)56-32(61-25)20(50)14(27)44/h7-54H,1-6H2/t7-,8-,9-,10-,11-,12-,13-,14-,15-,16-,17-,18-,19-,20-,21-,22-,23-,24-,25-,26-,27?,28?,29-,30?,31?,32?,33?,34?,35?,36?/m1/s1. The van der Waals surface area contributed by atoms with Crippen LogP contribution in [-0.2, 0) is 56.8 Å². The summed E-state index contributed by atoms with van der Waals surface area (Å²) in [4.78, 5) is 0. The highest BCUT2D eigenvalue weighted by Gasteiger charge is 2.58. The molecular formula is C36H60O30. The number of hydrogen-bond acceptors (Lipinski definition) is 30. The van der Waals surface area contributed by atoms with Crippen LogP contribution < -0.4 is 0 Å². The Balaban J connectivity index is 1.19. The maximum absolute atomic E-state index is 11.2. The topological polar surface area (TPSA) is 475 Å². The number of ether oxygens (including phenoxy) is 12. The SMILES string of the molecule is OC[C@H]1OC2OC3[C@@H](CO)OC(O[C@H]4[C@H](O)[C@@H](O)C(OC5[C@@H](CO)OC(O[C@H]6[C@H](O)[C@@H](O)C(O[C@H]7[C@H](O)[C@@H](O)C(OC1[C@H](O)[C@H]2O)O[C@@H]7CO)O[C@@H]6CO)[C@H](O)[C@H]5O)O[C@@H]4CO)[C@H](O)[C@H]3O. The minimum atomic E-state index is -2.15. The Morgan fingerprint density at radius 3 is 0.409 bits per heavy atom. The molecule has 0 aromatic heterocycles. The zero-order chi connectivity index (χ0) is 48.0. The van der Waals surface area contributed by atoms with Gasteiger partial charge in [0.15, 0.2) is 37.7 Å². The van der Waals surface area contributed by atoms with E-state index in [0.29, 0.717) is 0 Å². The molecule has 22 saturated heterocycles. The molecule has 18 N–H and O–H groups in total. The van der Waals surface area contributed by atoms with Crippen molar-refractivity contribution in [2.45, 2.75) is 184 Å². The van der Waals surface area contributed by atoms with Gasteiger partial charge in [0.1, 0.15) is 146 Å². The van der Waals surface area contributed by atoms with Crippen molar-refractivity contribution in [1.29, 1.82) is 0 Å². The number of aliphatic hydroxyl groups is 18. The fraction of sp³-hybridized carbons (Fsp3) is 1.00. The number of aliphatic hydroxyl groups excluding tert-OH is 18. The molecule has 22 aliphatic heterocycles. The Bertz CT molecular complexity index is 1230. The van der Waals surface area contributed by atoms with Gasteiger partial charge in [-0.05, 0) is 0 Å². The lowest BCUT2D eigenvalue weighted by Crippen LogP contribution is -2.69. The molecule has 30 heteroatoms. The van der Waals surface area contributed by atoms with Gasteiger partial charge in [-0.2, -0.15) is 0 Å². The molecule has 22 fully saturated rings. The summed E-state index contributed by atoms with van der Waals surface area (Å²) in [6.07, 6.45) is -58.5. The largest absolute Gasteiger partial charge is 0.394 e. The first-order chi connectivity index (χ1) is 31.4.